The smallest absolute Gasteiger partial charge is 0.250 e. The molecule has 1 N–H and O–H groups in total. The summed E-state index contributed by atoms with van der Waals surface area (Å²) in [5.74, 6) is 3.77. The van der Waals surface area contributed by atoms with Gasteiger partial charge in [-0.3, -0.25) is 4.79 Å². The standard InChI is InChI=1S/C26H22N6O2/c1-2-19-6-3-7-20(14-19)30-26-21-15-23-24(16-22(21)28-17-29-26)34-13-5-11-32(23)25(33)8-4-10-31-12-9-27-18-31/h1,3-4,6-9,12,14-18H,5,10-11,13H2,(H,28,29,30). The van der Waals surface area contributed by atoms with E-state index in [1.165, 1.54) is 6.33 Å². The van der Waals surface area contributed by atoms with Crippen LogP contribution in [0.2, 0.25) is 0 Å². The minimum absolute atomic E-state index is 0.112. The zero-order valence-corrected chi connectivity index (χ0v) is 18.4. The number of terminal acetylenes is 1. The predicted octanol–water partition coefficient (Wildman–Crippen LogP) is 3.92. The Labute approximate surface area is 196 Å². The maximum Gasteiger partial charge on any atom is 0.250 e. The molecule has 0 fully saturated rings. The van der Waals surface area contributed by atoms with Gasteiger partial charge in [-0.15, -0.1) is 6.42 Å². The van der Waals surface area contributed by atoms with Crippen molar-refractivity contribution in [1.82, 2.24) is 19.5 Å². The van der Waals surface area contributed by atoms with Crippen molar-refractivity contribution in [2.24, 2.45) is 0 Å². The van der Waals surface area contributed by atoms with Crippen LogP contribution in [0.25, 0.3) is 10.9 Å². The number of amides is 1. The minimum atomic E-state index is -0.112. The quantitative estimate of drug-likeness (QED) is 0.366. The van der Waals surface area contributed by atoms with E-state index in [1.807, 2.05) is 53.2 Å². The van der Waals surface area contributed by atoms with Crippen LogP contribution in [-0.4, -0.2) is 38.6 Å². The molecule has 2 aromatic carbocycles. The van der Waals surface area contributed by atoms with E-state index in [2.05, 4.69) is 26.2 Å². The Morgan fingerprint density at radius 1 is 1.26 bits per heavy atom. The van der Waals surface area contributed by atoms with E-state index >= 15 is 0 Å². The first kappa shape index (κ1) is 21.2. The van der Waals surface area contributed by atoms with Crippen LogP contribution >= 0.6 is 0 Å². The summed E-state index contributed by atoms with van der Waals surface area (Å²) >= 11 is 0. The van der Waals surface area contributed by atoms with E-state index in [0.717, 1.165) is 23.1 Å². The van der Waals surface area contributed by atoms with Gasteiger partial charge >= 0.3 is 0 Å². The van der Waals surface area contributed by atoms with Crippen LogP contribution in [-0.2, 0) is 11.3 Å². The fourth-order valence-corrected chi connectivity index (χ4v) is 3.84. The van der Waals surface area contributed by atoms with Gasteiger partial charge in [0.1, 0.15) is 17.9 Å². The Kier molecular flexibility index (Phi) is 5.91. The molecule has 1 amide bonds. The highest BCUT2D eigenvalue weighted by atomic mass is 16.5. The molecule has 0 bridgehead atoms. The van der Waals surface area contributed by atoms with Crippen molar-refractivity contribution in [2.45, 2.75) is 13.0 Å². The number of benzene rings is 2. The fourth-order valence-electron chi connectivity index (χ4n) is 3.84. The molecule has 5 rings (SSSR count). The largest absolute Gasteiger partial charge is 0.491 e. The number of hydrogen-bond acceptors (Lipinski definition) is 6. The second-order valence-electron chi connectivity index (χ2n) is 7.76. The summed E-state index contributed by atoms with van der Waals surface area (Å²) in [6.45, 7) is 1.64. The van der Waals surface area contributed by atoms with Crippen LogP contribution < -0.4 is 15.0 Å². The number of rotatable bonds is 5. The van der Waals surface area contributed by atoms with Crippen molar-refractivity contribution in [2.75, 3.05) is 23.4 Å². The number of fused-ring (bicyclic) bond motifs is 2. The summed E-state index contributed by atoms with van der Waals surface area (Å²) in [6.07, 6.45) is 16.4. The van der Waals surface area contributed by atoms with Crippen LogP contribution in [0.15, 0.2) is 73.6 Å². The summed E-state index contributed by atoms with van der Waals surface area (Å²) in [5, 5.41) is 4.10. The molecule has 168 valence electrons. The number of carbonyl (C=O) groups is 1. The second kappa shape index (κ2) is 9.46. The topological polar surface area (TPSA) is 85.2 Å². The van der Waals surface area contributed by atoms with E-state index in [9.17, 15) is 4.79 Å². The Morgan fingerprint density at radius 2 is 2.21 bits per heavy atom. The molecule has 0 radical (unpaired) electrons. The van der Waals surface area contributed by atoms with Gasteiger partial charge in [-0.1, -0.05) is 18.1 Å². The number of hydrogen-bond donors (Lipinski definition) is 1. The minimum Gasteiger partial charge on any atom is -0.491 e. The average Bonchev–Trinajstić information content (AvgIpc) is 3.29. The van der Waals surface area contributed by atoms with Gasteiger partial charge in [-0.25, -0.2) is 15.0 Å². The van der Waals surface area contributed by atoms with Crippen LogP contribution in [0.4, 0.5) is 17.2 Å². The zero-order valence-electron chi connectivity index (χ0n) is 18.4. The lowest BCUT2D eigenvalue weighted by molar-refractivity contribution is -0.114. The molecule has 0 saturated carbocycles. The molecule has 1 aliphatic heterocycles. The van der Waals surface area contributed by atoms with Gasteiger partial charge in [0, 0.05) is 54.3 Å². The maximum atomic E-state index is 13.1. The number of carbonyl (C=O) groups excluding carboxylic acids is 1. The van der Waals surface area contributed by atoms with Gasteiger partial charge in [-0.05, 0) is 30.7 Å². The average molecular weight is 451 g/mol. The third kappa shape index (κ3) is 4.45. The lowest BCUT2D eigenvalue weighted by Crippen LogP contribution is -2.29. The highest BCUT2D eigenvalue weighted by Gasteiger charge is 2.22. The molecular formula is C26H22N6O2. The number of ether oxygens (including phenoxy) is 1. The highest BCUT2D eigenvalue weighted by molar-refractivity contribution is 6.05. The maximum absolute atomic E-state index is 13.1. The van der Waals surface area contributed by atoms with Gasteiger partial charge in [0.05, 0.1) is 24.1 Å². The summed E-state index contributed by atoms with van der Waals surface area (Å²) in [6, 6.07) is 11.3. The van der Waals surface area contributed by atoms with Gasteiger partial charge in [0.25, 0.3) is 5.91 Å². The molecule has 2 aromatic heterocycles. The Hall–Kier alpha value is -4.64. The van der Waals surface area contributed by atoms with E-state index in [1.54, 1.807) is 23.5 Å². The van der Waals surface area contributed by atoms with Crippen molar-refractivity contribution in [3.8, 4) is 18.1 Å². The Morgan fingerprint density at radius 3 is 3.06 bits per heavy atom. The fraction of sp³-hybridized carbons (Fsp3) is 0.154. The van der Waals surface area contributed by atoms with E-state index in [0.29, 0.717) is 42.5 Å². The molecule has 8 nitrogen and oxygen atoms in total. The number of allylic oxidation sites excluding steroid dienone is 1. The number of imidazole rings is 1. The third-order valence-electron chi connectivity index (χ3n) is 5.48. The lowest BCUT2D eigenvalue weighted by Gasteiger charge is -2.21. The van der Waals surface area contributed by atoms with Crippen molar-refractivity contribution < 1.29 is 9.53 Å². The molecule has 34 heavy (non-hydrogen) atoms. The lowest BCUT2D eigenvalue weighted by atomic mass is 10.1. The Bertz CT molecular complexity index is 1400. The molecule has 4 aromatic rings. The molecule has 0 spiro atoms. The Balaban J connectivity index is 1.49. The SMILES string of the molecule is C#Cc1cccc(Nc2ncnc3cc4c(cc23)N(C(=O)C=CCn2ccnc2)CCCO4)c1. The normalized spacial score (nSPS) is 13.2. The zero-order chi connectivity index (χ0) is 23.3. The summed E-state index contributed by atoms with van der Waals surface area (Å²) in [5.41, 5.74) is 2.99. The van der Waals surface area contributed by atoms with Gasteiger partial charge in [0.2, 0.25) is 0 Å². The number of anilines is 3. The van der Waals surface area contributed by atoms with Crippen LogP contribution in [0, 0.1) is 12.3 Å². The molecule has 3 heterocycles. The summed E-state index contributed by atoms with van der Waals surface area (Å²) < 4.78 is 7.85. The number of nitrogens with zero attached hydrogens (tertiary/aromatic N) is 5. The molecule has 0 atom stereocenters. The predicted molar refractivity (Wildman–Crippen MR) is 131 cm³/mol. The molecule has 0 saturated heterocycles. The van der Waals surface area contributed by atoms with Crippen molar-refractivity contribution in [3.05, 3.63) is 79.2 Å². The molecule has 0 aliphatic carbocycles. The first-order valence-electron chi connectivity index (χ1n) is 10.9. The van der Waals surface area contributed by atoms with Gasteiger partial charge in [0.15, 0.2) is 0 Å². The van der Waals surface area contributed by atoms with Crippen molar-refractivity contribution >= 4 is 34.0 Å². The molecule has 8 heteroatoms. The monoisotopic (exact) mass is 450 g/mol. The number of aromatic nitrogens is 4. The van der Waals surface area contributed by atoms with E-state index < -0.39 is 0 Å². The summed E-state index contributed by atoms with van der Waals surface area (Å²) in [4.78, 5) is 27.7. The van der Waals surface area contributed by atoms with Crippen LogP contribution in [0.5, 0.6) is 5.75 Å². The summed E-state index contributed by atoms with van der Waals surface area (Å²) in [7, 11) is 0. The second-order valence-corrected chi connectivity index (χ2v) is 7.76. The van der Waals surface area contributed by atoms with Gasteiger partial charge < -0.3 is 19.5 Å². The van der Waals surface area contributed by atoms with Crippen molar-refractivity contribution in [1.29, 1.82) is 0 Å². The van der Waals surface area contributed by atoms with Crippen molar-refractivity contribution in [3.63, 3.8) is 0 Å². The molecular weight excluding hydrogens is 428 g/mol. The highest BCUT2D eigenvalue weighted by Crippen LogP contribution is 2.37. The number of nitrogens with one attached hydrogen (secondary N) is 1. The third-order valence-corrected chi connectivity index (χ3v) is 5.48. The first-order valence-corrected chi connectivity index (χ1v) is 10.9. The molecule has 0 unspecified atom stereocenters. The first-order chi connectivity index (χ1) is 16.7. The van der Waals surface area contributed by atoms with Gasteiger partial charge in [-0.2, -0.15) is 0 Å². The van der Waals surface area contributed by atoms with E-state index in [4.69, 9.17) is 11.2 Å². The van der Waals surface area contributed by atoms with Crippen LogP contribution in [0.3, 0.4) is 0 Å². The van der Waals surface area contributed by atoms with E-state index in [-0.39, 0.29) is 5.91 Å². The van der Waals surface area contributed by atoms with Crippen LogP contribution in [0.1, 0.15) is 12.0 Å². The molecule has 1 aliphatic rings.